The number of esters is 1. The molecular formula is C13H17O3. The lowest BCUT2D eigenvalue weighted by Crippen LogP contribution is -2.13. The molecule has 0 spiro atoms. The Morgan fingerprint density at radius 1 is 1.31 bits per heavy atom. The first kappa shape index (κ1) is 12.7. The topological polar surface area (TPSA) is 46.5 Å². The van der Waals surface area contributed by atoms with Crippen LogP contribution in [-0.2, 0) is 10.2 Å². The van der Waals surface area contributed by atoms with Crippen LogP contribution in [-0.4, -0.2) is 18.2 Å². The molecule has 0 saturated heterocycles. The second-order valence-corrected chi connectivity index (χ2v) is 4.71. The van der Waals surface area contributed by atoms with Crippen molar-refractivity contribution in [2.75, 3.05) is 7.11 Å². The van der Waals surface area contributed by atoms with Gasteiger partial charge in [-0.1, -0.05) is 26.8 Å². The van der Waals surface area contributed by atoms with Gasteiger partial charge in [-0.3, -0.25) is 0 Å². The molecule has 0 aliphatic carbocycles. The number of benzene rings is 1. The lowest BCUT2D eigenvalue weighted by atomic mass is 9.85. The quantitative estimate of drug-likeness (QED) is 0.781. The molecule has 3 heteroatoms. The first-order chi connectivity index (χ1) is 7.38. The summed E-state index contributed by atoms with van der Waals surface area (Å²) >= 11 is 0. The Bertz CT molecular complexity index is 389. The molecule has 0 amide bonds. The first-order valence-electron chi connectivity index (χ1n) is 5.10. The fraction of sp³-hybridized carbons (Fsp3) is 0.385. The standard InChI is InChI=1S/C13H17O3/c1-13(2,3)11-6-9(8-14)5-10(7-11)12(15)16-4/h5-8,14H,1-4H3. The predicted molar refractivity (Wildman–Crippen MR) is 61.8 cm³/mol. The molecule has 0 aromatic heterocycles. The number of hydrogen-bond acceptors (Lipinski definition) is 3. The lowest BCUT2D eigenvalue weighted by molar-refractivity contribution is 0.0600. The van der Waals surface area contributed by atoms with E-state index in [4.69, 9.17) is 5.11 Å². The fourth-order valence-corrected chi connectivity index (χ4v) is 1.39. The second kappa shape index (κ2) is 4.66. The van der Waals surface area contributed by atoms with E-state index in [-0.39, 0.29) is 5.41 Å². The van der Waals surface area contributed by atoms with Crippen LogP contribution >= 0.6 is 0 Å². The van der Waals surface area contributed by atoms with Gasteiger partial charge in [-0.15, -0.1) is 0 Å². The summed E-state index contributed by atoms with van der Waals surface area (Å²) < 4.78 is 4.67. The number of aliphatic hydroxyl groups is 1. The fourth-order valence-electron chi connectivity index (χ4n) is 1.39. The van der Waals surface area contributed by atoms with Gasteiger partial charge in [-0.05, 0) is 28.7 Å². The summed E-state index contributed by atoms with van der Waals surface area (Å²) in [5.41, 5.74) is 1.96. The molecule has 0 saturated carbocycles. The molecule has 87 valence electrons. The van der Waals surface area contributed by atoms with E-state index in [0.717, 1.165) is 12.2 Å². The normalized spacial score (nSPS) is 11.3. The van der Waals surface area contributed by atoms with Gasteiger partial charge in [0.1, 0.15) is 6.61 Å². The minimum absolute atomic E-state index is 0.0816. The van der Waals surface area contributed by atoms with Gasteiger partial charge in [0, 0.05) is 0 Å². The van der Waals surface area contributed by atoms with Crippen LogP contribution in [0.1, 0.15) is 42.3 Å². The van der Waals surface area contributed by atoms with Gasteiger partial charge in [-0.25, -0.2) is 4.79 Å². The lowest BCUT2D eigenvalue weighted by Gasteiger charge is -2.20. The van der Waals surface area contributed by atoms with Gasteiger partial charge in [0.05, 0.1) is 12.7 Å². The Labute approximate surface area is 96.1 Å². The van der Waals surface area contributed by atoms with Gasteiger partial charge in [0.2, 0.25) is 0 Å². The molecule has 1 radical (unpaired) electrons. The van der Waals surface area contributed by atoms with Crippen LogP contribution in [0, 0.1) is 6.61 Å². The zero-order valence-electron chi connectivity index (χ0n) is 10.1. The maximum atomic E-state index is 11.4. The average molecular weight is 221 g/mol. The summed E-state index contributed by atoms with van der Waals surface area (Å²) in [4.78, 5) is 11.4. The van der Waals surface area contributed by atoms with Gasteiger partial charge < -0.3 is 9.84 Å². The van der Waals surface area contributed by atoms with E-state index < -0.39 is 5.97 Å². The van der Waals surface area contributed by atoms with Crippen LogP contribution in [0.25, 0.3) is 0 Å². The molecule has 0 atom stereocenters. The third-order valence-electron chi connectivity index (χ3n) is 2.39. The van der Waals surface area contributed by atoms with Gasteiger partial charge >= 0.3 is 5.97 Å². The van der Waals surface area contributed by atoms with E-state index in [1.54, 1.807) is 12.1 Å². The van der Waals surface area contributed by atoms with Gasteiger partial charge in [0.25, 0.3) is 0 Å². The summed E-state index contributed by atoms with van der Waals surface area (Å²) in [6.07, 6.45) is 0. The second-order valence-electron chi connectivity index (χ2n) is 4.71. The van der Waals surface area contributed by atoms with Crippen molar-refractivity contribution in [3.63, 3.8) is 0 Å². The van der Waals surface area contributed by atoms with Crippen LogP contribution in [0.4, 0.5) is 0 Å². The Hall–Kier alpha value is -1.35. The molecule has 1 aromatic rings. The highest BCUT2D eigenvalue weighted by molar-refractivity contribution is 5.89. The molecule has 0 aliphatic heterocycles. The summed E-state index contributed by atoms with van der Waals surface area (Å²) in [5, 5.41) is 9.03. The summed E-state index contributed by atoms with van der Waals surface area (Å²) in [6, 6.07) is 5.24. The van der Waals surface area contributed by atoms with Gasteiger partial charge in [0.15, 0.2) is 0 Å². The number of rotatable bonds is 2. The molecule has 0 aliphatic rings. The Morgan fingerprint density at radius 3 is 2.38 bits per heavy atom. The smallest absolute Gasteiger partial charge is 0.337 e. The van der Waals surface area contributed by atoms with Crippen molar-refractivity contribution in [3.8, 4) is 0 Å². The Morgan fingerprint density at radius 2 is 1.94 bits per heavy atom. The molecule has 0 fully saturated rings. The molecular weight excluding hydrogens is 204 g/mol. The van der Waals surface area contributed by atoms with Crippen LogP contribution in [0.2, 0.25) is 0 Å². The third-order valence-corrected chi connectivity index (χ3v) is 2.39. The molecule has 0 heterocycles. The monoisotopic (exact) mass is 221 g/mol. The summed E-state index contributed by atoms with van der Waals surface area (Å²) in [5.74, 6) is -0.394. The average Bonchev–Trinajstić information content (AvgIpc) is 2.26. The Balaban J connectivity index is 3.27. The minimum Gasteiger partial charge on any atom is -0.465 e. The zero-order valence-corrected chi connectivity index (χ0v) is 10.1. The highest BCUT2D eigenvalue weighted by Gasteiger charge is 2.17. The maximum Gasteiger partial charge on any atom is 0.337 e. The molecule has 1 N–H and O–H groups in total. The zero-order chi connectivity index (χ0) is 12.3. The predicted octanol–water partition coefficient (Wildman–Crippen LogP) is 2.65. The molecule has 0 bridgehead atoms. The largest absolute Gasteiger partial charge is 0.465 e. The van der Waals surface area contributed by atoms with Crippen LogP contribution in [0.5, 0.6) is 0 Å². The van der Waals surface area contributed by atoms with Crippen molar-refractivity contribution in [2.24, 2.45) is 0 Å². The van der Waals surface area contributed by atoms with Crippen molar-refractivity contribution in [1.82, 2.24) is 0 Å². The van der Waals surface area contributed by atoms with E-state index in [0.29, 0.717) is 11.1 Å². The molecule has 1 rings (SSSR count). The third kappa shape index (κ3) is 2.83. The number of methoxy groups -OCH3 is 1. The van der Waals surface area contributed by atoms with Crippen LogP contribution < -0.4 is 0 Å². The van der Waals surface area contributed by atoms with Crippen molar-refractivity contribution < 1.29 is 14.6 Å². The molecule has 3 nitrogen and oxygen atoms in total. The minimum atomic E-state index is -0.394. The number of carbonyl (C=O) groups excluding carboxylic acids is 1. The number of ether oxygens (including phenoxy) is 1. The molecule has 0 unspecified atom stereocenters. The number of carbonyl (C=O) groups is 1. The van der Waals surface area contributed by atoms with E-state index in [1.165, 1.54) is 7.11 Å². The summed E-state index contributed by atoms with van der Waals surface area (Å²) in [6.45, 7) is 7.13. The van der Waals surface area contributed by atoms with Crippen LogP contribution in [0.3, 0.4) is 0 Å². The SMILES string of the molecule is COC(=O)c1cc([CH]O)cc(C(C)(C)C)c1. The van der Waals surface area contributed by atoms with Crippen molar-refractivity contribution in [3.05, 3.63) is 41.5 Å². The number of aliphatic hydroxyl groups excluding tert-OH is 1. The first-order valence-corrected chi connectivity index (χ1v) is 5.10. The van der Waals surface area contributed by atoms with E-state index in [2.05, 4.69) is 4.74 Å². The van der Waals surface area contributed by atoms with Gasteiger partial charge in [-0.2, -0.15) is 0 Å². The van der Waals surface area contributed by atoms with Crippen molar-refractivity contribution in [2.45, 2.75) is 26.2 Å². The van der Waals surface area contributed by atoms with E-state index in [1.807, 2.05) is 26.8 Å². The number of hydrogen-bond donors (Lipinski definition) is 1. The molecule has 1 aromatic carbocycles. The Kier molecular flexibility index (Phi) is 3.70. The van der Waals surface area contributed by atoms with E-state index >= 15 is 0 Å². The van der Waals surface area contributed by atoms with Crippen LogP contribution in [0.15, 0.2) is 18.2 Å². The van der Waals surface area contributed by atoms with Crippen molar-refractivity contribution >= 4 is 5.97 Å². The summed E-state index contributed by atoms with van der Waals surface area (Å²) in [7, 11) is 1.34. The highest BCUT2D eigenvalue weighted by Crippen LogP contribution is 2.25. The van der Waals surface area contributed by atoms with Crippen molar-refractivity contribution in [1.29, 1.82) is 0 Å². The highest BCUT2D eigenvalue weighted by atomic mass is 16.5. The van der Waals surface area contributed by atoms with E-state index in [9.17, 15) is 4.79 Å². The molecule has 16 heavy (non-hydrogen) atoms. The maximum absolute atomic E-state index is 11.4.